The number of rotatable bonds is 8. The second-order valence-corrected chi connectivity index (χ2v) is 12.4. The van der Waals surface area contributed by atoms with Crippen LogP contribution in [0, 0.1) is 29.1 Å². The summed E-state index contributed by atoms with van der Waals surface area (Å²) in [6.07, 6.45) is 16.2. The van der Waals surface area contributed by atoms with Gasteiger partial charge in [-0.25, -0.2) is 4.98 Å². The first-order chi connectivity index (χ1) is 15.4. The third-order valence-electron chi connectivity index (χ3n) is 8.80. The van der Waals surface area contributed by atoms with Crippen LogP contribution in [0.4, 0.5) is 0 Å². The van der Waals surface area contributed by atoms with E-state index in [-0.39, 0.29) is 10.2 Å². The van der Waals surface area contributed by atoms with Gasteiger partial charge in [0.2, 0.25) is 11.8 Å². The molecule has 0 radical (unpaired) electrons. The highest BCUT2D eigenvalue weighted by molar-refractivity contribution is 7.98. The van der Waals surface area contributed by atoms with E-state index in [0.29, 0.717) is 36.1 Å². The lowest BCUT2D eigenvalue weighted by Crippen LogP contribution is -2.42. The van der Waals surface area contributed by atoms with Crippen molar-refractivity contribution in [2.45, 2.75) is 61.5 Å². The first kappa shape index (κ1) is 22.6. The molecule has 32 heavy (non-hydrogen) atoms. The number of piperidine rings is 1. The number of amides is 1. The minimum absolute atomic E-state index is 0.0804. The maximum atomic E-state index is 12.9. The molecule has 5 atom stereocenters. The summed E-state index contributed by atoms with van der Waals surface area (Å²) in [7, 11) is 0. The molecule has 5 rings (SSSR count). The molecule has 1 aromatic heterocycles. The number of carbonyl (C=O) groups excluding carboxylic acids is 1. The second-order valence-electron chi connectivity index (χ2n) is 10.7. The number of fused-ring (bicyclic) bond motifs is 2. The second kappa shape index (κ2) is 8.90. The summed E-state index contributed by atoms with van der Waals surface area (Å²) >= 11 is 6.88. The fraction of sp³-hybridized carbons (Fsp3) is 0.692. The summed E-state index contributed by atoms with van der Waals surface area (Å²) in [5.74, 6) is 3.67. The Kier molecular flexibility index (Phi) is 6.30. The van der Waals surface area contributed by atoms with E-state index in [2.05, 4.69) is 41.3 Å². The zero-order valence-corrected chi connectivity index (χ0v) is 21.0. The van der Waals surface area contributed by atoms with Crippen molar-refractivity contribution in [1.82, 2.24) is 9.88 Å². The predicted octanol–water partition coefficient (Wildman–Crippen LogP) is 5.49. The number of aromatic nitrogens is 1. The minimum atomic E-state index is 0.0804. The highest BCUT2D eigenvalue weighted by atomic mass is 32.2. The van der Waals surface area contributed by atoms with Crippen molar-refractivity contribution in [1.29, 1.82) is 0 Å². The van der Waals surface area contributed by atoms with E-state index >= 15 is 0 Å². The van der Waals surface area contributed by atoms with Gasteiger partial charge in [0, 0.05) is 41.4 Å². The van der Waals surface area contributed by atoms with Crippen LogP contribution in [0.1, 0.15) is 51.9 Å². The fourth-order valence-electron chi connectivity index (χ4n) is 6.54. The topological polar surface area (TPSA) is 42.4 Å². The molecule has 2 bridgehead atoms. The highest BCUT2D eigenvalue weighted by Crippen LogP contribution is 2.67. The molecule has 1 aromatic rings. The van der Waals surface area contributed by atoms with E-state index in [1.807, 2.05) is 12.3 Å². The van der Waals surface area contributed by atoms with E-state index in [4.69, 9.17) is 17.4 Å². The standard InChI is InChI=1S/C26H36N2O2S2/c1-25(9-12-30-23-6-5-22(32-2)16-27-23)17-26(25,31)21-7-10-28(11-8-21)24(29)15-20-14-18-3-4-19(20)13-18/h3-6,16,18-21,31H,7-15,17H2,1-2H3/t18?,19?,20?,25-,26+/m1/s1. The molecule has 1 amide bonds. The summed E-state index contributed by atoms with van der Waals surface area (Å²) < 4.78 is 6.00. The van der Waals surface area contributed by atoms with Gasteiger partial charge in [-0.05, 0) is 79.9 Å². The van der Waals surface area contributed by atoms with Crippen molar-refractivity contribution < 1.29 is 9.53 Å². The number of nitrogens with zero attached hydrogens (tertiary/aromatic N) is 2. The van der Waals surface area contributed by atoms with Gasteiger partial charge in [0.15, 0.2) is 0 Å². The molecule has 1 aliphatic heterocycles. The molecule has 2 saturated carbocycles. The Morgan fingerprint density at radius 3 is 2.72 bits per heavy atom. The average Bonchev–Trinajstić information content (AvgIpc) is 3.14. The Morgan fingerprint density at radius 2 is 2.09 bits per heavy atom. The van der Waals surface area contributed by atoms with Crippen molar-refractivity contribution in [2.24, 2.45) is 29.1 Å². The van der Waals surface area contributed by atoms with Crippen molar-refractivity contribution in [3.05, 3.63) is 30.5 Å². The first-order valence-corrected chi connectivity index (χ1v) is 13.9. The van der Waals surface area contributed by atoms with Crippen LogP contribution in [-0.4, -0.2) is 46.5 Å². The van der Waals surface area contributed by atoms with Crippen molar-refractivity contribution in [3.8, 4) is 5.88 Å². The quantitative estimate of drug-likeness (QED) is 0.309. The van der Waals surface area contributed by atoms with Crippen molar-refractivity contribution in [2.75, 3.05) is 26.0 Å². The van der Waals surface area contributed by atoms with Gasteiger partial charge in [0.05, 0.1) is 6.61 Å². The van der Waals surface area contributed by atoms with E-state index in [1.54, 1.807) is 11.8 Å². The third-order valence-corrected chi connectivity index (χ3v) is 10.6. The first-order valence-electron chi connectivity index (χ1n) is 12.2. The van der Waals surface area contributed by atoms with Gasteiger partial charge in [0.25, 0.3) is 0 Å². The number of likely N-dealkylation sites (tertiary alicyclic amines) is 1. The number of carbonyl (C=O) groups is 1. The molecule has 0 spiro atoms. The van der Waals surface area contributed by atoms with Crippen LogP contribution < -0.4 is 4.74 Å². The summed E-state index contributed by atoms with van der Waals surface area (Å²) in [5.41, 5.74) is 0.210. The lowest BCUT2D eigenvalue weighted by atomic mass is 9.85. The SMILES string of the molecule is CSc1ccc(OCC[C@]2(C)C[C@]2(S)C2CCN(C(=O)CC3CC4C=CC3C4)CC2)nc1. The number of allylic oxidation sites excluding steroid dienone is 2. The lowest BCUT2D eigenvalue weighted by molar-refractivity contribution is -0.133. The molecule has 3 aliphatic carbocycles. The molecule has 3 fully saturated rings. The lowest BCUT2D eigenvalue weighted by Gasteiger charge is -2.37. The Morgan fingerprint density at radius 1 is 1.28 bits per heavy atom. The van der Waals surface area contributed by atoms with Gasteiger partial charge in [0.1, 0.15) is 0 Å². The Labute approximate surface area is 202 Å². The predicted molar refractivity (Wildman–Crippen MR) is 133 cm³/mol. The van der Waals surface area contributed by atoms with Crippen LogP contribution >= 0.6 is 24.4 Å². The van der Waals surface area contributed by atoms with E-state index < -0.39 is 0 Å². The van der Waals surface area contributed by atoms with Gasteiger partial charge < -0.3 is 9.64 Å². The number of hydrogen-bond acceptors (Lipinski definition) is 5. The molecule has 6 heteroatoms. The number of thioether (sulfide) groups is 1. The van der Waals surface area contributed by atoms with Crippen LogP contribution in [0.2, 0.25) is 0 Å². The van der Waals surface area contributed by atoms with Crippen LogP contribution in [0.25, 0.3) is 0 Å². The van der Waals surface area contributed by atoms with E-state index in [1.165, 1.54) is 12.8 Å². The molecule has 174 valence electrons. The molecule has 0 aromatic carbocycles. The zero-order valence-electron chi connectivity index (χ0n) is 19.3. The fourth-order valence-corrected chi connectivity index (χ4v) is 7.62. The molecule has 1 saturated heterocycles. The smallest absolute Gasteiger partial charge is 0.222 e. The van der Waals surface area contributed by atoms with Crippen LogP contribution in [0.3, 0.4) is 0 Å². The van der Waals surface area contributed by atoms with Gasteiger partial charge in [-0.2, -0.15) is 12.6 Å². The molecule has 2 heterocycles. The monoisotopic (exact) mass is 472 g/mol. The summed E-state index contributed by atoms with van der Waals surface area (Å²) in [6.45, 7) is 4.84. The van der Waals surface area contributed by atoms with Crippen LogP contribution in [0.5, 0.6) is 5.88 Å². The van der Waals surface area contributed by atoms with Crippen LogP contribution in [-0.2, 0) is 4.79 Å². The third kappa shape index (κ3) is 4.34. The highest BCUT2D eigenvalue weighted by Gasteiger charge is 2.65. The number of ether oxygens (including phenoxy) is 1. The maximum absolute atomic E-state index is 12.9. The Balaban J connectivity index is 1.06. The zero-order chi connectivity index (χ0) is 22.3. The normalized spacial score (nSPS) is 36.0. The van der Waals surface area contributed by atoms with Gasteiger partial charge in [-0.3, -0.25) is 4.79 Å². The average molecular weight is 473 g/mol. The molecule has 3 unspecified atom stereocenters. The molecular weight excluding hydrogens is 436 g/mol. The molecule has 0 N–H and O–H groups in total. The summed E-state index contributed by atoms with van der Waals surface area (Å²) in [4.78, 5) is 20.6. The number of hydrogen-bond donors (Lipinski definition) is 1. The molecule has 4 aliphatic rings. The summed E-state index contributed by atoms with van der Waals surface area (Å²) in [6, 6.07) is 4.01. The van der Waals surface area contributed by atoms with E-state index in [9.17, 15) is 4.79 Å². The maximum Gasteiger partial charge on any atom is 0.222 e. The van der Waals surface area contributed by atoms with Crippen molar-refractivity contribution >= 4 is 30.3 Å². The van der Waals surface area contributed by atoms with Gasteiger partial charge in [-0.15, -0.1) is 11.8 Å². The summed E-state index contributed by atoms with van der Waals surface area (Å²) in [5, 5.41) is 0. The number of pyridine rings is 1. The molecular formula is C26H36N2O2S2. The largest absolute Gasteiger partial charge is 0.478 e. The molecule has 4 nitrogen and oxygen atoms in total. The van der Waals surface area contributed by atoms with Gasteiger partial charge >= 0.3 is 0 Å². The van der Waals surface area contributed by atoms with E-state index in [0.717, 1.165) is 56.0 Å². The van der Waals surface area contributed by atoms with Crippen LogP contribution in [0.15, 0.2) is 35.4 Å². The number of thiol groups is 1. The Hall–Kier alpha value is -1.14. The minimum Gasteiger partial charge on any atom is -0.478 e. The van der Waals surface area contributed by atoms with Crippen molar-refractivity contribution in [3.63, 3.8) is 0 Å². The Bertz CT molecular complexity index is 867. The van der Waals surface area contributed by atoms with Gasteiger partial charge in [-0.1, -0.05) is 19.1 Å².